The van der Waals surface area contributed by atoms with Crippen LogP contribution in [0.3, 0.4) is 0 Å². The molecule has 1 N–H and O–H groups in total. The number of nitrogens with one attached hydrogen (secondary N) is 1. The Kier molecular flexibility index (Phi) is 1.53. The highest BCUT2D eigenvalue weighted by Gasteiger charge is 2.22. The first kappa shape index (κ1) is 5.87. The molecule has 1 heterocycles. The van der Waals surface area contributed by atoms with Crippen LogP contribution in [0.2, 0.25) is 0 Å². The minimum absolute atomic E-state index is 0.0948. The first-order valence-corrected chi connectivity index (χ1v) is 2.35. The first-order valence-electron chi connectivity index (χ1n) is 2.35. The zero-order valence-electron chi connectivity index (χ0n) is 4.49. The van der Waals surface area contributed by atoms with Gasteiger partial charge in [0.15, 0.2) is 0 Å². The Balaban J connectivity index is 2.29. The Morgan fingerprint density at radius 1 is 1.89 bits per heavy atom. The lowest BCUT2D eigenvalue weighted by atomic mass is 10.6. The lowest BCUT2D eigenvalue weighted by Crippen LogP contribution is -2.28. The van der Waals surface area contributed by atoms with Crippen molar-refractivity contribution in [2.75, 3.05) is 6.61 Å². The fourth-order valence-corrected chi connectivity index (χ4v) is 0.507. The molecule has 5 nitrogen and oxygen atoms in total. The molecule has 0 aromatic heterocycles. The van der Waals surface area contributed by atoms with Crippen molar-refractivity contribution in [3.8, 4) is 0 Å². The molecule has 1 amide bonds. The topological polar surface area (TPSA) is 64.6 Å². The smallest absolute Gasteiger partial charge is 0.410 e. The predicted octanol–water partition coefficient (Wildman–Crippen LogP) is -0.775. The van der Waals surface area contributed by atoms with Crippen molar-refractivity contribution in [3.05, 3.63) is 0 Å². The van der Waals surface area contributed by atoms with Gasteiger partial charge in [0.1, 0.15) is 6.61 Å². The number of rotatable bonds is 2. The van der Waals surface area contributed by atoms with Crippen LogP contribution in [0.4, 0.5) is 4.79 Å². The zero-order chi connectivity index (χ0) is 6.69. The van der Waals surface area contributed by atoms with E-state index in [9.17, 15) is 9.59 Å². The Bertz CT molecular complexity index is 135. The summed E-state index contributed by atoms with van der Waals surface area (Å²) in [5.74, 6) is 0. The zero-order valence-corrected chi connectivity index (χ0v) is 4.49. The summed E-state index contributed by atoms with van der Waals surface area (Å²) >= 11 is 0. The van der Waals surface area contributed by atoms with Gasteiger partial charge in [-0.05, 0) is 0 Å². The maximum absolute atomic E-state index is 10.2. The average molecular weight is 131 g/mol. The molecular weight excluding hydrogens is 126 g/mol. The lowest BCUT2D eigenvalue weighted by molar-refractivity contribution is -0.134. The van der Waals surface area contributed by atoms with Gasteiger partial charge < -0.3 is 9.47 Å². The van der Waals surface area contributed by atoms with E-state index < -0.39 is 12.3 Å². The van der Waals surface area contributed by atoms with Crippen LogP contribution < -0.4 is 5.32 Å². The van der Waals surface area contributed by atoms with Gasteiger partial charge in [-0.1, -0.05) is 0 Å². The molecule has 9 heavy (non-hydrogen) atoms. The molecule has 0 spiro atoms. The Labute approximate surface area is 50.9 Å². The van der Waals surface area contributed by atoms with E-state index in [1.54, 1.807) is 0 Å². The van der Waals surface area contributed by atoms with E-state index in [1.807, 2.05) is 0 Å². The molecule has 0 aromatic rings. The van der Waals surface area contributed by atoms with E-state index in [0.29, 0.717) is 0 Å². The number of hydrogen-bond acceptors (Lipinski definition) is 4. The second-order valence-electron chi connectivity index (χ2n) is 1.46. The third-order valence-corrected chi connectivity index (χ3v) is 0.864. The summed E-state index contributed by atoms with van der Waals surface area (Å²) < 4.78 is 8.72. The third kappa shape index (κ3) is 1.31. The molecule has 1 aliphatic heterocycles. The van der Waals surface area contributed by atoms with Gasteiger partial charge in [-0.3, -0.25) is 10.1 Å². The molecule has 0 radical (unpaired) electrons. The quantitative estimate of drug-likeness (QED) is 0.499. The number of cyclic esters (lactones) is 1. The predicted molar refractivity (Wildman–Crippen MR) is 25.4 cm³/mol. The van der Waals surface area contributed by atoms with Crippen molar-refractivity contribution in [1.82, 2.24) is 5.32 Å². The maximum Gasteiger partial charge on any atom is 0.410 e. The fraction of sp³-hybridized carbons (Fsp3) is 0.500. The molecule has 1 fully saturated rings. The van der Waals surface area contributed by atoms with Gasteiger partial charge in [0.05, 0.1) is 0 Å². The van der Waals surface area contributed by atoms with Gasteiger partial charge in [-0.25, -0.2) is 4.79 Å². The molecule has 0 bridgehead atoms. The number of carbonyl (C=O) groups excluding carboxylic acids is 2. The van der Waals surface area contributed by atoms with E-state index in [1.165, 1.54) is 0 Å². The van der Waals surface area contributed by atoms with Crippen LogP contribution in [0, 0.1) is 0 Å². The van der Waals surface area contributed by atoms with Crippen LogP contribution in [0.15, 0.2) is 0 Å². The van der Waals surface area contributed by atoms with E-state index >= 15 is 0 Å². The number of ether oxygens (including phenoxy) is 2. The van der Waals surface area contributed by atoms with Crippen molar-refractivity contribution < 1.29 is 19.1 Å². The SMILES string of the molecule is O=CO[C@@H]1COC(=O)N1. The fourth-order valence-electron chi connectivity index (χ4n) is 0.507. The second kappa shape index (κ2) is 2.34. The summed E-state index contributed by atoms with van der Waals surface area (Å²) in [5.41, 5.74) is 0. The minimum atomic E-state index is -0.602. The second-order valence-corrected chi connectivity index (χ2v) is 1.46. The number of hydrogen-bond donors (Lipinski definition) is 1. The normalized spacial score (nSPS) is 24.4. The van der Waals surface area contributed by atoms with Crippen molar-refractivity contribution in [2.45, 2.75) is 6.23 Å². The molecular formula is C4H5NO4. The Hall–Kier alpha value is -1.26. The molecule has 1 rings (SSSR count). The molecule has 1 aliphatic rings. The molecule has 1 atom stereocenters. The van der Waals surface area contributed by atoms with Gasteiger partial charge in [0.2, 0.25) is 6.23 Å². The average Bonchev–Trinajstić information content (AvgIpc) is 2.17. The molecule has 1 saturated heterocycles. The van der Waals surface area contributed by atoms with Crippen molar-refractivity contribution in [1.29, 1.82) is 0 Å². The molecule has 0 unspecified atom stereocenters. The van der Waals surface area contributed by atoms with Gasteiger partial charge >= 0.3 is 6.09 Å². The van der Waals surface area contributed by atoms with Gasteiger partial charge in [0, 0.05) is 0 Å². The molecule has 0 saturated carbocycles. The third-order valence-electron chi connectivity index (χ3n) is 0.864. The highest BCUT2D eigenvalue weighted by molar-refractivity contribution is 5.69. The summed E-state index contributed by atoms with van der Waals surface area (Å²) in [6.07, 6.45) is -1.16. The highest BCUT2D eigenvalue weighted by Crippen LogP contribution is 1.96. The van der Waals surface area contributed by atoms with E-state index in [2.05, 4.69) is 14.8 Å². The summed E-state index contributed by atoms with van der Waals surface area (Å²) in [5, 5.41) is 2.24. The van der Waals surface area contributed by atoms with Crippen molar-refractivity contribution in [2.24, 2.45) is 0 Å². The summed E-state index contributed by atoms with van der Waals surface area (Å²) in [6.45, 7) is 0.358. The molecule has 0 aliphatic carbocycles. The highest BCUT2D eigenvalue weighted by atomic mass is 16.6. The Morgan fingerprint density at radius 3 is 3.11 bits per heavy atom. The molecule has 50 valence electrons. The number of carbonyl (C=O) groups is 2. The summed E-state index contributed by atoms with van der Waals surface area (Å²) in [6, 6.07) is 0. The maximum atomic E-state index is 10.2. The number of amides is 1. The standard InChI is InChI=1S/C4H5NO4/c6-2-9-3-1-8-4(7)5-3/h2-3H,1H2,(H,5,7)/t3-/m1/s1. The van der Waals surface area contributed by atoms with E-state index in [-0.39, 0.29) is 13.1 Å². The van der Waals surface area contributed by atoms with Crippen LogP contribution in [-0.2, 0) is 14.3 Å². The van der Waals surface area contributed by atoms with E-state index in [4.69, 9.17) is 0 Å². The Morgan fingerprint density at radius 2 is 2.67 bits per heavy atom. The number of alkyl carbamates (subject to hydrolysis) is 1. The molecule has 5 heteroatoms. The van der Waals surface area contributed by atoms with Crippen LogP contribution in [0.25, 0.3) is 0 Å². The monoisotopic (exact) mass is 131 g/mol. The van der Waals surface area contributed by atoms with Gasteiger partial charge in [-0.15, -0.1) is 0 Å². The van der Waals surface area contributed by atoms with Crippen molar-refractivity contribution in [3.63, 3.8) is 0 Å². The summed E-state index contributed by atoms with van der Waals surface area (Å²) in [4.78, 5) is 19.8. The van der Waals surface area contributed by atoms with E-state index in [0.717, 1.165) is 0 Å². The van der Waals surface area contributed by atoms with Gasteiger partial charge in [-0.2, -0.15) is 0 Å². The minimum Gasteiger partial charge on any atom is -0.443 e. The van der Waals surface area contributed by atoms with Crippen molar-refractivity contribution >= 4 is 12.6 Å². The lowest BCUT2D eigenvalue weighted by Gasteiger charge is -2.00. The van der Waals surface area contributed by atoms with Gasteiger partial charge in [0.25, 0.3) is 6.47 Å². The first-order chi connectivity index (χ1) is 4.33. The van der Waals surface area contributed by atoms with Crippen LogP contribution in [0.1, 0.15) is 0 Å². The largest absolute Gasteiger partial charge is 0.443 e. The van der Waals surface area contributed by atoms with Crippen LogP contribution in [0.5, 0.6) is 0 Å². The van der Waals surface area contributed by atoms with Crippen LogP contribution in [-0.4, -0.2) is 25.4 Å². The summed E-state index contributed by atoms with van der Waals surface area (Å²) in [7, 11) is 0. The van der Waals surface area contributed by atoms with Crippen LogP contribution >= 0.6 is 0 Å². The molecule has 0 aromatic carbocycles.